The van der Waals surface area contributed by atoms with Gasteiger partial charge in [0.1, 0.15) is 6.04 Å². The summed E-state index contributed by atoms with van der Waals surface area (Å²) < 4.78 is 6.86. The first-order valence-corrected chi connectivity index (χ1v) is 9.66. The molecule has 0 saturated carbocycles. The van der Waals surface area contributed by atoms with E-state index in [0.29, 0.717) is 11.0 Å². The Labute approximate surface area is 189 Å². The topological polar surface area (TPSA) is 85.0 Å². The smallest absolute Gasteiger partial charge is 0.293 e. The highest BCUT2D eigenvalue weighted by Crippen LogP contribution is 2.33. The summed E-state index contributed by atoms with van der Waals surface area (Å²) in [4.78, 5) is 16.8. The van der Waals surface area contributed by atoms with Gasteiger partial charge in [-0.3, -0.25) is 10.1 Å². The molecule has 5 rings (SSSR count). The van der Waals surface area contributed by atoms with E-state index in [1.807, 2.05) is 54.6 Å². The van der Waals surface area contributed by atoms with E-state index in [1.165, 1.54) is 6.26 Å². The number of furan rings is 1. The van der Waals surface area contributed by atoms with E-state index in [0.717, 1.165) is 16.8 Å². The van der Waals surface area contributed by atoms with Crippen LogP contribution in [0.25, 0.3) is 5.70 Å². The maximum atomic E-state index is 12.3. The van der Waals surface area contributed by atoms with Gasteiger partial charge in [0.05, 0.1) is 6.26 Å². The first-order chi connectivity index (χ1) is 14.7. The Bertz CT molecular complexity index is 1220. The van der Waals surface area contributed by atoms with Crippen LogP contribution in [0.5, 0.6) is 0 Å². The van der Waals surface area contributed by atoms with Crippen LogP contribution in [0.3, 0.4) is 0 Å². The maximum absolute atomic E-state index is 12.3. The predicted molar refractivity (Wildman–Crippen MR) is 122 cm³/mol. The van der Waals surface area contributed by atoms with Gasteiger partial charge < -0.3 is 9.73 Å². The zero-order valence-electron chi connectivity index (χ0n) is 16.0. The monoisotopic (exact) mass is 453 g/mol. The molecule has 1 aliphatic rings. The lowest BCUT2D eigenvalue weighted by atomic mass is 10.0. The van der Waals surface area contributed by atoms with Gasteiger partial charge in [-0.25, -0.2) is 4.68 Å². The van der Waals surface area contributed by atoms with Gasteiger partial charge >= 0.3 is 0 Å². The first-order valence-electron chi connectivity index (χ1n) is 9.28. The zero-order valence-corrected chi connectivity index (χ0v) is 17.6. The molecule has 2 aromatic carbocycles. The second kappa shape index (κ2) is 8.67. The van der Waals surface area contributed by atoms with Crippen LogP contribution in [0.15, 0.2) is 83.5 Å². The molecule has 0 radical (unpaired) electrons. The second-order valence-corrected chi connectivity index (χ2v) is 7.14. The van der Waals surface area contributed by atoms with Gasteiger partial charge in [-0.1, -0.05) is 54.1 Å². The summed E-state index contributed by atoms with van der Waals surface area (Å²) in [6.45, 7) is 0. The van der Waals surface area contributed by atoms with E-state index in [-0.39, 0.29) is 30.2 Å². The van der Waals surface area contributed by atoms with E-state index in [2.05, 4.69) is 26.8 Å². The number of hydrogen-bond donors (Lipinski definition) is 2. The van der Waals surface area contributed by atoms with Crippen molar-refractivity contribution in [1.29, 1.82) is 0 Å². The van der Waals surface area contributed by atoms with Crippen LogP contribution in [0, 0.1) is 0 Å². The van der Waals surface area contributed by atoms with Crippen LogP contribution >= 0.6 is 24.0 Å². The summed E-state index contributed by atoms with van der Waals surface area (Å²) in [6, 6.07) is 20.5. The molecule has 156 valence electrons. The number of nitrogens with one attached hydrogen (secondary N) is 2. The number of halogens is 2. The third kappa shape index (κ3) is 4.19. The standard InChI is InChI=1S/C22H16ClN5O2.ClH/c23-16-10-8-15(9-11-16)18-13-17(14-5-2-1-3-6-14)24-22-26-21(27-28(18)22)25-20(29)19-7-4-12-30-19;/h1-13,18H,(H2,24,25,26,27,29);1H. The number of benzene rings is 2. The quantitative estimate of drug-likeness (QED) is 0.440. The molecule has 0 spiro atoms. The number of carbonyl (C=O) groups is 1. The number of allylic oxidation sites excluding steroid dienone is 1. The Balaban J connectivity index is 0.00000231. The highest BCUT2D eigenvalue weighted by atomic mass is 35.5. The van der Waals surface area contributed by atoms with Gasteiger partial charge in [-0.2, -0.15) is 4.98 Å². The average Bonchev–Trinajstić information content (AvgIpc) is 3.44. The van der Waals surface area contributed by atoms with Crippen molar-refractivity contribution < 1.29 is 9.21 Å². The normalized spacial score (nSPS) is 14.6. The number of nitrogens with zero attached hydrogens (tertiary/aromatic N) is 3. The minimum absolute atomic E-state index is 0. The summed E-state index contributed by atoms with van der Waals surface area (Å²) >= 11 is 6.07. The van der Waals surface area contributed by atoms with Crippen molar-refractivity contribution in [1.82, 2.24) is 14.8 Å². The van der Waals surface area contributed by atoms with Crippen molar-refractivity contribution in [3.05, 3.63) is 101 Å². The number of aromatic nitrogens is 3. The summed E-state index contributed by atoms with van der Waals surface area (Å²) in [5.41, 5.74) is 2.91. The third-order valence-corrected chi connectivity index (χ3v) is 4.98. The molecule has 31 heavy (non-hydrogen) atoms. The fourth-order valence-electron chi connectivity index (χ4n) is 3.30. The lowest BCUT2D eigenvalue weighted by Gasteiger charge is -2.24. The lowest BCUT2D eigenvalue weighted by molar-refractivity contribution is 0.0996. The van der Waals surface area contributed by atoms with Crippen LogP contribution in [0.1, 0.15) is 27.7 Å². The van der Waals surface area contributed by atoms with Gasteiger partial charge in [0, 0.05) is 10.7 Å². The Morgan fingerprint density at radius 3 is 2.55 bits per heavy atom. The van der Waals surface area contributed by atoms with E-state index in [4.69, 9.17) is 16.0 Å². The third-order valence-electron chi connectivity index (χ3n) is 4.73. The molecule has 1 atom stereocenters. The van der Waals surface area contributed by atoms with E-state index < -0.39 is 5.91 Å². The van der Waals surface area contributed by atoms with Crippen LogP contribution in [-0.4, -0.2) is 20.7 Å². The van der Waals surface area contributed by atoms with E-state index in [1.54, 1.807) is 16.8 Å². The molecule has 0 saturated heterocycles. The van der Waals surface area contributed by atoms with Crippen LogP contribution in [0.4, 0.5) is 11.9 Å². The predicted octanol–water partition coefficient (Wildman–Crippen LogP) is 5.25. The molecule has 2 aromatic heterocycles. The Hall–Kier alpha value is -3.55. The zero-order chi connectivity index (χ0) is 20.5. The Kier molecular flexibility index (Phi) is 5.79. The van der Waals surface area contributed by atoms with Gasteiger partial charge in [-0.15, -0.1) is 17.5 Å². The molecule has 2 N–H and O–H groups in total. The summed E-state index contributed by atoms with van der Waals surface area (Å²) in [6.07, 6.45) is 3.51. The molecule has 0 fully saturated rings. The molecular weight excluding hydrogens is 437 g/mol. The minimum atomic E-state index is -0.415. The van der Waals surface area contributed by atoms with Crippen LogP contribution < -0.4 is 10.6 Å². The number of fused-ring (bicyclic) bond motifs is 1. The number of rotatable bonds is 4. The molecule has 3 heterocycles. The molecule has 4 aromatic rings. The van der Waals surface area contributed by atoms with Crippen molar-refractivity contribution >= 4 is 47.5 Å². The second-order valence-electron chi connectivity index (χ2n) is 6.70. The number of hydrogen-bond acceptors (Lipinski definition) is 5. The van der Waals surface area contributed by atoms with Crippen LogP contribution in [0.2, 0.25) is 5.02 Å². The van der Waals surface area contributed by atoms with E-state index >= 15 is 0 Å². The number of amides is 1. The maximum Gasteiger partial charge on any atom is 0.293 e. The lowest BCUT2D eigenvalue weighted by Crippen LogP contribution is -2.20. The molecule has 1 amide bonds. The average molecular weight is 454 g/mol. The molecule has 7 nitrogen and oxygen atoms in total. The van der Waals surface area contributed by atoms with Crippen LogP contribution in [-0.2, 0) is 0 Å². The number of anilines is 2. The van der Waals surface area contributed by atoms with Gasteiger partial charge in [-0.05, 0) is 41.5 Å². The van der Waals surface area contributed by atoms with Gasteiger partial charge in [0.2, 0.25) is 5.95 Å². The highest BCUT2D eigenvalue weighted by Gasteiger charge is 2.26. The summed E-state index contributed by atoms with van der Waals surface area (Å²) in [7, 11) is 0. The molecule has 9 heteroatoms. The summed E-state index contributed by atoms with van der Waals surface area (Å²) in [5, 5.41) is 11.1. The van der Waals surface area contributed by atoms with E-state index in [9.17, 15) is 4.79 Å². The Morgan fingerprint density at radius 1 is 1.06 bits per heavy atom. The molecule has 0 bridgehead atoms. The van der Waals surface area contributed by atoms with Crippen molar-refractivity contribution in [3.63, 3.8) is 0 Å². The number of carbonyl (C=O) groups excluding carboxylic acids is 1. The fourth-order valence-corrected chi connectivity index (χ4v) is 3.43. The first kappa shape index (κ1) is 20.7. The highest BCUT2D eigenvalue weighted by molar-refractivity contribution is 6.30. The molecule has 1 unspecified atom stereocenters. The minimum Gasteiger partial charge on any atom is -0.459 e. The summed E-state index contributed by atoms with van der Waals surface area (Å²) in [5.74, 6) is 0.474. The molecular formula is C22H17Cl2N5O2. The van der Waals surface area contributed by atoms with Crippen molar-refractivity contribution in [2.45, 2.75) is 6.04 Å². The SMILES string of the molecule is Cl.O=C(Nc1nc2n(n1)C(c1ccc(Cl)cc1)C=C(c1ccccc1)N2)c1ccco1. The van der Waals surface area contributed by atoms with Crippen molar-refractivity contribution in [3.8, 4) is 0 Å². The van der Waals surface area contributed by atoms with Gasteiger partial charge in [0.25, 0.3) is 11.9 Å². The van der Waals surface area contributed by atoms with Crippen molar-refractivity contribution in [2.24, 2.45) is 0 Å². The molecule has 0 aliphatic carbocycles. The van der Waals surface area contributed by atoms with Crippen molar-refractivity contribution in [2.75, 3.05) is 10.6 Å². The van der Waals surface area contributed by atoms with Gasteiger partial charge in [0.15, 0.2) is 5.76 Å². The fraction of sp³-hybridized carbons (Fsp3) is 0.0455. The largest absolute Gasteiger partial charge is 0.459 e. The molecule has 1 aliphatic heterocycles. The Morgan fingerprint density at radius 2 is 1.84 bits per heavy atom.